The lowest BCUT2D eigenvalue weighted by Crippen LogP contribution is -1.85. The molecule has 0 saturated carbocycles. The van der Waals surface area contributed by atoms with Crippen LogP contribution in [0.1, 0.15) is 22.3 Å². The second-order valence-electron chi connectivity index (χ2n) is 3.76. The van der Waals surface area contributed by atoms with E-state index in [1.165, 1.54) is 27.6 Å². The van der Waals surface area contributed by atoms with Gasteiger partial charge in [-0.2, -0.15) is 0 Å². The molecule has 1 heterocycles. The molecule has 1 nitrogen and oxygen atoms in total. The molecule has 2 aromatic rings. The summed E-state index contributed by atoms with van der Waals surface area (Å²) in [5, 5.41) is 1.28. The Kier molecular flexibility index (Phi) is 1.69. The minimum absolute atomic E-state index is 1.05. The van der Waals surface area contributed by atoms with E-state index in [1.807, 2.05) is 6.26 Å². The Morgan fingerprint density at radius 2 is 1.62 bits per heavy atom. The van der Waals surface area contributed by atoms with Crippen LogP contribution < -0.4 is 0 Å². The predicted octanol–water partition coefficient (Wildman–Crippen LogP) is 3.67. The van der Waals surface area contributed by atoms with Crippen molar-refractivity contribution >= 4 is 11.0 Å². The fourth-order valence-electron chi connectivity index (χ4n) is 1.89. The first-order valence-electron chi connectivity index (χ1n) is 4.56. The van der Waals surface area contributed by atoms with Gasteiger partial charge >= 0.3 is 0 Å². The molecule has 68 valence electrons. The molecule has 0 radical (unpaired) electrons. The van der Waals surface area contributed by atoms with Gasteiger partial charge in [-0.15, -0.1) is 0 Å². The van der Waals surface area contributed by atoms with Gasteiger partial charge in [-0.05, 0) is 49.9 Å². The molecule has 0 unspecified atom stereocenters. The topological polar surface area (TPSA) is 13.1 Å². The van der Waals surface area contributed by atoms with Crippen molar-refractivity contribution in [3.8, 4) is 0 Å². The lowest BCUT2D eigenvalue weighted by atomic mass is 10.0. The third kappa shape index (κ3) is 1.07. The van der Waals surface area contributed by atoms with Crippen LogP contribution in [-0.2, 0) is 0 Å². The van der Waals surface area contributed by atoms with Crippen molar-refractivity contribution in [2.24, 2.45) is 0 Å². The van der Waals surface area contributed by atoms with Crippen LogP contribution in [0.2, 0.25) is 0 Å². The molecule has 0 spiro atoms. The number of furan rings is 1. The number of benzene rings is 1. The van der Waals surface area contributed by atoms with Gasteiger partial charge in [0.15, 0.2) is 0 Å². The summed E-state index contributed by atoms with van der Waals surface area (Å²) in [6.45, 7) is 8.46. The number of rotatable bonds is 0. The number of hydrogen-bond acceptors (Lipinski definition) is 1. The highest BCUT2D eigenvalue weighted by Crippen LogP contribution is 2.28. The Balaban J connectivity index is 2.99. The second kappa shape index (κ2) is 2.63. The second-order valence-corrected chi connectivity index (χ2v) is 3.76. The molecule has 0 N–H and O–H groups in total. The standard InChI is InChI=1S/C12H14O/c1-7-5-8(2)11-9(3)6-13-12(11)10(7)4/h5-6H,1-4H3. The van der Waals surface area contributed by atoms with Gasteiger partial charge < -0.3 is 4.42 Å². The Hall–Kier alpha value is -1.24. The SMILES string of the molecule is Cc1cc(C)c2c(C)coc2c1C. The van der Waals surface area contributed by atoms with Crippen LogP contribution in [0.15, 0.2) is 16.7 Å². The highest BCUT2D eigenvalue weighted by Gasteiger charge is 2.09. The monoisotopic (exact) mass is 174 g/mol. The van der Waals surface area contributed by atoms with Crippen LogP contribution in [0.4, 0.5) is 0 Å². The third-order valence-corrected chi connectivity index (χ3v) is 2.73. The van der Waals surface area contributed by atoms with Crippen LogP contribution in [0.5, 0.6) is 0 Å². The highest BCUT2D eigenvalue weighted by molar-refractivity contribution is 5.87. The van der Waals surface area contributed by atoms with Crippen LogP contribution in [0.3, 0.4) is 0 Å². The summed E-state index contributed by atoms with van der Waals surface area (Å²) in [5.41, 5.74) is 6.16. The van der Waals surface area contributed by atoms with Crippen LogP contribution in [0, 0.1) is 27.7 Å². The van der Waals surface area contributed by atoms with E-state index in [4.69, 9.17) is 4.42 Å². The molecule has 0 bridgehead atoms. The molecule has 0 saturated heterocycles. The Bertz CT molecular complexity index is 463. The third-order valence-electron chi connectivity index (χ3n) is 2.73. The van der Waals surface area contributed by atoms with Crippen LogP contribution >= 0.6 is 0 Å². The number of fused-ring (bicyclic) bond motifs is 1. The van der Waals surface area contributed by atoms with Crippen molar-refractivity contribution in [3.63, 3.8) is 0 Å². The van der Waals surface area contributed by atoms with Crippen molar-refractivity contribution in [1.82, 2.24) is 0 Å². The maximum absolute atomic E-state index is 5.54. The van der Waals surface area contributed by atoms with E-state index in [-0.39, 0.29) is 0 Å². The molecular formula is C12H14O. The highest BCUT2D eigenvalue weighted by atomic mass is 16.3. The fourth-order valence-corrected chi connectivity index (χ4v) is 1.89. The molecule has 2 rings (SSSR count). The van der Waals surface area contributed by atoms with Crippen molar-refractivity contribution in [1.29, 1.82) is 0 Å². The van der Waals surface area contributed by atoms with E-state index in [1.54, 1.807) is 0 Å². The van der Waals surface area contributed by atoms with Crippen LogP contribution in [-0.4, -0.2) is 0 Å². The average molecular weight is 174 g/mol. The summed E-state index contributed by atoms with van der Waals surface area (Å²) in [4.78, 5) is 0. The first-order chi connectivity index (χ1) is 6.11. The lowest BCUT2D eigenvalue weighted by Gasteiger charge is -2.03. The minimum atomic E-state index is 1.05. The van der Waals surface area contributed by atoms with Gasteiger partial charge in [0.1, 0.15) is 5.58 Å². The van der Waals surface area contributed by atoms with E-state index in [0.29, 0.717) is 0 Å². The smallest absolute Gasteiger partial charge is 0.137 e. The van der Waals surface area contributed by atoms with Gasteiger partial charge in [0, 0.05) is 5.39 Å². The van der Waals surface area contributed by atoms with Gasteiger partial charge in [-0.3, -0.25) is 0 Å². The Labute approximate surface area is 78.4 Å². The molecule has 1 aromatic heterocycles. The van der Waals surface area contributed by atoms with Gasteiger partial charge in [0.2, 0.25) is 0 Å². The molecule has 0 fully saturated rings. The molecule has 0 aliphatic carbocycles. The number of aryl methyl sites for hydroxylation is 4. The quantitative estimate of drug-likeness (QED) is 0.594. The van der Waals surface area contributed by atoms with E-state index < -0.39 is 0 Å². The van der Waals surface area contributed by atoms with Gasteiger partial charge in [-0.25, -0.2) is 0 Å². The molecule has 0 amide bonds. The van der Waals surface area contributed by atoms with Crippen molar-refractivity contribution in [2.75, 3.05) is 0 Å². The van der Waals surface area contributed by atoms with Gasteiger partial charge in [0.25, 0.3) is 0 Å². The maximum atomic E-state index is 5.54. The Morgan fingerprint density at radius 1 is 0.923 bits per heavy atom. The van der Waals surface area contributed by atoms with Gasteiger partial charge in [-0.1, -0.05) is 6.07 Å². The first-order valence-corrected chi connectivity index (χ1v) is 4.56. The van der Waals surface area contributed by atoms with Crippen molar-refractivity contribution < 1.29 is 4.42 Å². The summed E-state index contributed by atoms with van der Waals surface area (Å²) < 4.78 is 5.54. The molecule has 0 aliphatic heterocycles. The predicted molar refractivity (Wildman–Crippen MR) is 55.2 cm³/mol. The van der Waals surface area contributed by atoms with Crippen LogP contribution in [0.25, 0.3) is 11.0 Å². The average Bonchev–Trinajstić information content (AvgIpc) is 2.44. The fraction of sp³-hybridized carbons (Fsp3) is 0.333. The van der Waals surface area contributed by atoms with E-state index in [0.717, 1.165) is 5.58 Å². The Morgan fingerprint density at radius 3 is 2.31 bits per heavy atom. The molecule has 13 heavy (non-hydrogen) atoms. The zero-order valence-corrected chi connectivity index (χ0v) is 8.56. The van der Waals surface area contributed by atoms with Crippen molar-refractivity contribution in [2.45, 2.75) is 27.7 Å². The summed E-state index contributed by atoms with van der Waals surface area (Å²) in [6, 6.07) is 2.22. The first kappa shape index (κ1) is 8.36. The summed E-state index contributed by atoms with van der Waals surface area (Å²) in [6.07, 6.45) is 1.84. The molecule has 1 heteroatoms. The summed E-state index contributed by atoms with van der Waals surface area (Å²) >= 11 is 0. The molecular weight excluding hydrogens is 160 g/mol. The molecule has 0 atom stereocenters. The molecule has 1 aromatic carbocycles. The maximum Gasteiger partial charge on any atom is 0.137 e. The van der Waals surface area contributed by atoms with E-state index in [2.05, 4.69) is 33.8 Å². The van der Waals surface area contributed by atoms with Crippen molar-refractivity contribution in [3.05, 3.63) is 34.6 Å². The largest absolute Gasteiger partial charge is 0.464 e. The summed E-state index contributed by atoms with van der Waals surface area (Å²) in [5.74, 6) is 0. The zero-order chi connectivity index (χ0) is 9.59. The minimum Gasteiger partial charge on any atom is -0.464 e. The van der Waals surface area contributed by atoms with E-state index >= 15 is 0 Å². The molecule has 0 aliphatic rings. The van der Waals surface area contributed by atoms with E-state index in [9.17, 15) is 0 Å². The normalized spacial score (nSPS) is 11.1. The zero-order valence-electron chi connectivity index (χ0n) is 8.56. The summed E-state index contributed by atoms with van der Waals surface area (Å²) in [7, 11) is 0. The number of hydrogen-bond donors (Lipinski definition) is 0. The lowest BCUT2D eigenvalue weighted by molar-refractivity contribution is 0.610. The van der Waals surface area contributed by atoms with Gasteiger partial charge in [0.05, 0.1) is 6.26 Å².